The molecule has 0 heterocycles. The summed E-state index contributed by atoms with van der Waals surface area (Å²) in [4.78, 5) is 14.2. The summed E-state index contributed by atoms with van der Waals surface area (Å²) in [6.45, 7) is 4.06. The molecule has 2 aromatic carbocycles. The second-order valence-electron chi connectivity index (χ2n) is 5.34. The van der Waals surface area contributed by atoms with Gasteiger partial charge in [0.1, 0.15) is 0 Å². The van der Waals surface area contributed by atoms with Crippen molar-refractivity contribution in [1.29, 1.82) is 0 Å². The van der Waals surface area contributed by atoms with Gasteiger partial charge in [-0.2, -0.15) is 0 Å². The molecule has 0 N–H and O–H groups in total. The largest absolute Gasteiger partial charge is 0.339 e. The van der Waals surface area contributed by atoms with Crippen LogP contribution in [0.25, 0.3) is 0 Å². The van der Waals surface area contributed by atoms with E-state index in [1.165, 1.54) is 0 Å². The SMILES string of the molecule is Cc1ccccc1CC(=O)N(C)C(C)c1ccc(Cl)cc1. The van der Waals surface area contributed by atoms with Crippen molar-refractivity contribution >= 4 is 17.5 Å². The molecular formula is C18H20ClNO. The topological polar surface area (TPSA) is 20.3 Å². The van der Waals surface area contributed by atoms with Gasteiger partial charge in [-0.1, -0.05) is 48.0 Å². The van der Waals surface area contributed by atoms with Crippen molar-refractivity contribution in [3.8, 4) is 0 Å². The minimum Gasteiger partial charge on any atom is -0.339 e. The summed E-state index contributed by atoms with van der Waals surface area (Å²) in [6, 6.07) is 15.7. The fraction of sp³-hybridized carbons (Fsp3) is 0.278. The van der Waals surface area contributed by atoms with Crippen LogP contribution >= 0.6 is 11.6 Å². The Morgan fingerprint density at radius 1 is 1.14 bits per heavy atom. The number of amides is 1. The first-order valence-electron chi connectivity index (χ1n) is 7.04. The van der Waals surface area contributed by atoms with Crippen LogP contribution in [0.1, 0.15) is 29.7 Å². The number of rotatable bonds is 4. The normalized spacial score (nSPS) is 12.0. The summed E-state index contributed by atoms with van der Waals surface area (Å²) < 4.78 is 0. The third kappa shape index (κ3) is 3.85. The molecule has 21 heavy (non-hydrogen) atoms. The molecule has 0 aromatic heterocycles. The molecule has 0 aliphatic heterocycles. The van der Waals surface area contributed by atoms with Crippen LogP contribution in [0.2, 0.25) is 5.02 Å². The minimum absolute atomic E-state index is 0.0267. The molecule has 0 bridgehead atoms. The summed E-state index contributed by atoms with van der Waals surface area (Å²) in [5, 5.41) is 0.708. The van der Waals surface area contributed by atoms with Crippen LogP contribution in [-0.4, -0.2) is 17.9 Å². The van der Waals surface area contributed by atoms with Gasteiger partial charge in [-0.15, -0.1) is 0 Å². The molecule has 1 unspecified atom stereocenters. The second kappa shape index (κ2) is 6.77. The van der Waals surface area contributed by atoms with Gasteiger partial charge < -0.3 is 4.90 Å². The molecule has 1 atom stereocenters. The lowest BCUT2D eigenvalue weighted by molar-refractivity contribution is -0.131. The van der Waals surface area contributed by atoms with E-state index in [1.807, 2.05) is 69.4 Å². The van der Waals surface area contributed by atoms with Crippen molar-refractivity contribution in [1.82, 2.24) is 4.90 Å². The maximum atomic E-state index is 12.4. The van der Waals surface area contributed by atoms with Crippen molar-refractivity contribution in [3.05, 3.63) is 70.2 Å². The van der Waals surface area contributed by atoms with Crippen LogP contribution in [0.4, 0.5) is 0 Å². The van der Waals surface area contributed by atoms with E-state index in [0.717, 1.165) is 16.7 Å². The third-order valence-electron chi connectivity index (χ3n) is 3.93. The Morgan fingerprint density at radius 2 is 1.76 bits per heavy atom. The predicted molar refractivity (Wildman–Crippen MR) is 87.5 cm³/mol. The first kappa shape index (κ1) is 15.6. The van der Waals surface area contributed by atoms with Gasteiger partial charge in [0, 0.05) is 12.1 Å². The number of aryl methyl sites for hydroxylation is 1. The van der Waals surface area contributed by atoms with Crippen LogP contribution in [0, 0.1) is 6.92 Å². The summed E-state index contributed by atoms with van der Waals surface area (Å²) in [5.41, 5.74) is 3.32. The summed E-state index contributed by atoms with van der Waals surface area (Å²) in [5.74, 6) is 0.117. The Hall–Kier alpha value is -1.80. The Labute approximate surface area is 131 Å². The second-order valence-corrected chi connectivity index (χ2v) is 5.77. The van der Waals surface area contributed by atoms with E-state index in [4.69, 9.17) is 11.6 Å². The highest BCUT2D eigenvalue weighted by atomic mass is 35.5. The Balaban J connectivity index is 2.08. The summed E-state index contributed by atoms with van der Waals surface area (Å²) in [6.07, 6.45) is 0.432. The van der Waals surface area contributed by atoms with E-state index in [0.29, 0.717) is 11.4 Å². The minimum atomic E-state index is 0.0267. The molecular weight excluding hydrogens is 282 g/mol. The number of likely N-dealkylation sites (N-methyl/N-ethyl adjacent to an activating group) is 1. The number of carbonyl (C=O) groups excluding carboxylic acids is 1. The standard InChI is InChI=1S/C18H20ClNO/c1-13-6-4-5-7-16(13)12-18(21)20(3)14(2)15-8-10-17(19)11-9-15/h4-11,14H,12H2,1-3H3. The number of carbonyl (C=O) groups is 1. The fourth-order valence-electron chi connectivity index (χ4n) is 2.28. The molecule has 3 heteroatoms. The molecule has 110 valence electrons. The quantitative estimate of drug-likeness (QED) is 0.819. The maximum absolute atomic E-state index is 12.4. The van der Waals surface area contributed by atoms with Gasteiger partial charge in [0.15, 0.2) is 0 Å². The molecule has 0 aliphatic carbocycles. The molecule has 0 aliphatic rings. The molecule has 0 spiro atoms. The van der Waals surface area contributed by atoms with E-state index in [-0.39, 0.29) is 11.9 Å². The zero-order valence-electron chi connectivity index (χ0n) is 12.6. The van der Waals surface area contributed by atoms with Gasteiger partial charge in [-0.3, -0.25) is 4.79 Å². The first-order valence-corrected chi connectivity index (χ1v) is 7.42. The third-order valence-corrected chi connectivity index (χ3v) is 4.18. The van der Waals surface area contributed by atoms with Crippen LogP contribution in [-0.2, 0) is 11.2 Å². The van der Waals surface area contributed by atoms with Crippen LogP contribution in [0.5, 0.6) is 0 Å². The summed E-state index contributed by atoms with van der Waals surface area (Å²) in [7, 11) is 1.85. The Kier molecular flexibility index (Phi) is 5.03. The highest BCUT2D eigenvalue weighted by Gasteiger charge is 2.18. The first-order chi connectivity index (χ1) is 9.99. The van der Waals surface area contributed by atoms with Crippen molar-refractivity contribution in [2.24, 2.45) is 0 Å². The van der Waals surface area contributed by atoms with Gasteiger partial charge in [0.2, 0.25) is 5.91 Å². The maximum Gasteiger partial charge on any atom is 0.227 e. The fourth-order valence-corrected chi connectivity index (χ4v) is 2.40. The number of hydrogen-bond donors (Lipinski definition) is 0. The van der Waals surface area contributed by atoms with Crippen molar-refractivity contribution in [2.45, 2.75) is 26.3 Å². The van der Waals surface area contributed by atoms with Gasteiger partial charge in [-0.25, -0.2) is 0 Å². The lowest BCUT2D eigenvalue weighted by Crippen LogP contribution is -2.31. The highest BCUT2D eigenvalue weighted by Crippen LogP contribution is 2.22. The van der Waals surface area contributed by atoms with E-state index in [2.05, 4.69) is 0 Å². The number of nitrogens with zero attached hydrogens (tertiary/aromatic N) is 1. The molecule has 0 fully saturated rings. The number of halogens is 1. The van der Waals surface area contributed by atoms with Gasteiger partial charge in [0.25, 0.3) is 0 Å². The van der Waals surface area contributed by atoms with Gasteiger partial charge >= 0.3 is 0 Å². The molecule has 0 saturated carbocycles. The van der Waals surface area contributed by atoms with E-state index in [1.54, 1.807) is 4.90 Å². The molecule has 2 rings (SSSR count). The van der Waals surface area contributed by atoms with E-state index < -0.39 is 0 Å². The Morgan fingerprint density at radius 3 is 2.38 bits per heavy atom. The molecule has 2 nitrogen and oxygen atoms in total. The number of benzene rings is 2. The molecule has 0 saturated heterocycles. The monoisotopic (exact) mass is 301 g/mol. The van der Waals surface area contributed by atoms with Crippen LogP contribution in [0.3, 0.4) is 0 Å². The van der Waals surface area contributed by atoms with Gasteiger partial charge in [0.05, 0.1) is 12.5 Å². The predicted octanol–water partition coefficient (Wildman–Crippen LogP) is 4.41. The molecule has 1 amide bonds. The van der Waals surface area contributed by atoms with Crippen LogP contribution in [0.15, 0.2) is 48.5 Å². The average Bonchev–Trinajstić information content (AvgIpc) is 2.49. The zero-order chi connectivity index (χ0) is 15.4. The van der Waals surface area contributed by atoms with Crippen molar-refractivity contribution in [3.63, 3.8) is 0 Å². The zero-order valence-corrected chi connectivity index (χ0v) is 13.4. The molecule has 2 aromatic rings. The average molecular weight is 302 g/mol. The lowest BCUT2D eigenvalue weighted by atomic mass is 10.0. The van der Waals surface area contributed by atoms with Crippen molar-refractivity contribution in [2.75, 3.05) is 7.05 Å². The lowest BCUT2D eigenvalue weighted by Gasteiger charge is -2.26. The highest BCUT2D eigenvalue weighted by molar-refractivity contribution is 6.30. The smallest absolute Gasteiger partial charge is 0.227 e. The summed E-state index contributed by atoms with van der Waals surface area (Å²) >= 11 is 5.90. The van der Waals surface area contributed by atoms with Crippen molar-refractivity contribution < 1.29 is 4.79 Å². The van der Waals surface area contributed by atoms with Gasteiger partial charge in [-0.05, 0) is 42.7 Å². The van der Waals surface area contributed by atoms with E-state index in [9.17, 15) is 4.79 Å². The van der Waals surface area contributed by atoms with E-state index >= 15 is 0 Å². The van der Waals surface area contributed by atoms with Crippen LogP contribution < -0.4 is 0 Å². The molecule has 0 radical (unpaired) electrons. The number of hydrogen-bond acceptors (Lipinski definition) is 1. The Bertz CT molecular complexity index is 621.